The number of carbonyl (C=O) groups excluding carboxylic acids is 3. The maximum atomic E-state index is 12.6. The molecule has 2 heterocycles. The summed E-state index contributed by atoms with van der Waals surface area (Å²) in [6, 6.07) is 6.71. The summed E-state index contributed by atoms with van der Waals surface area (Å²) in [6.45, 7) is 6.54. The number of hydrogen-bond acceptors (Lipinski definition) is 5. The third-order valence-electron chi connectivity index (χ3n) is 6.12. The highest BCUT2D eigenvalue weighted by molar-refractivity contribution is 5.94. The first-order valence-corrected chi connectivity index (χ1v) is 10.7. The topological polar surface area (TPSA) is 91.0 Å². The van der Waals surface area contributed by atoms with Gasteiger partial charge in [0.1, 0.15) is 5.75 Å². The third-order valence-corrected chi connectivity index (χ3v) is 6.12. The van der Waals surface area contributed by atoms with Gasteiger partial charge in [-0.1, -0.05) is 0 Å². The molecule has 0 aliphatic carbocycles. The smallest absolute Gasteiger partial charge is 0.251 e. The predicted molar refractivity (Wildman–Crippen MR) is 113 cm³/mol. The van der Waals surface area contributed by atoms with Crippen LogP contribution in [0.1, 0.15) is 43.5 Å². The van der Waals surface area contributed by atoms with Crippen molar-refractivity contribution >= 4 is 17.7 Å². The predicted octanol–water partition coefficient (Wildman–Crippen LogP) is 1.01. The van der Waals surface area contributed by atoms with E-state index in [-0.39, 0.29) is 35.8 Å². The zero-order valence-electron chi connectivity index (χ0n) is 18.0. The van der Waals surface area contributed by atoms with E-state index in [0.29, 0.717) is 56.8 Å². The van der Waals surface area contributed by atoms with E-state index >= 15 is 0 Å². The minimum absolute atomic E-state index is 0.00233. The Morgan fingerprint density at radius 3 is 2.57 bits per heavy atom. The van der Waals surface area contributed by atoms with Crippen molar-refractivity contribution in [2.75, 3.05) is 33.3 Å². The molecule has 0 bridgehead atoms. The quantitative estimate of drug-likeness (QED) is 0.660. The van der Waals surface area contributed by atoms with E-state index in [0.717, 1.165) is 0 Å². The van der Waals surface area contributed by atoms with Gasteiger partial charge < -0.3 is 20.3 Å². The van der Waals surface area contributed by atoms with Gasteiger partial charge in [0.15, 0.2) is 0 Å². The van der Waals surface area contributed by atoms with Crippen LogP contribution in [0.4, 0.5) is 0 Å². The second-order valence-electron chi connectivity index (χ2n) is 7.85. The minimum atomic E-state index is -0.256. The Labute approximate surface area is 177 Å². The number of rotatable bonds is 8. The lowest BCUT2D eigenvalue weighted by atomic mass is 10.0. The Morgan fingerprint density at radius 1 is 1.23 bits per heavy atom. The molecule has 2 fully saturated rings. The number of nitrogens with zero attached hydrogens (tertiary/aromatic N) is 2. The van der Waals surface area contributed by atoms with Crippen molar-refractivity contribution in [3.8, 4) is 5.75 Å². The van der Waals surface area contributed by atoms with Gasteiger partial charge in [-0.2, -0.15) is 0 Å². The van der Waals surface area contributed by atoms with Crippen molar-refractivity contribution in [2.24, 2.45) is 0 Å². The average Bonchev–Trinajstić information content (AvgIpc) is 3.19. The lowest BCUT2D eigenvalue weighted by molar-refractivity contribution is -0.132. The molecule has 3 amide bonds. The second-order valence-corrected chi connectivity index (χ2v) is 7.85. The molecule has 0 spiro atoms. The molecule has 8 nitrogen and oxygen atoms in total. The highest BCUT2D eigenvalue weighted by Gasteiger charge is 2.43. The normalized spacial score (nSPS) is 23.4. The number of amides is 3. The van der Waals surface area contributed by atoms with E-state index in [4.69, 9.17) is 4.74 Å². The largest absolute Gasteiger partial charge is 0.497 e. The number of carbonyl (C=O) groups is 3. The van der Waals surface area contributed by atoms with Gasteiger partial charge in [0, 0.05) is 50.2 Å². The van der Waals surface area contributed by atoms with Gasteiger partial charge in [-0.05, 0) is 51.0 Å². The van der Waals surface area contributed by atoms with E-state index in [1.54, 1.807) is 31.4 Å². The van der Waals surface area contributed by atoms with Gasteiger partial charge in [-0.25, -0.2) is 0 Å². The molecule has 0 radical (unpaired) electrons. The van der Waals surface area contributed by atoms with Crippen LogP contribution in [0.5, 0.6) is 5.75 Å². The first-order valence-electron chi connectivity index (χ1n) is 10.7. The van der Waals surface area contributed by atoms with Crippen molar-refractivity contribution in [2.45, 2.75) is 51.2 Å². The highest BCUT2D eigenvalue weighted by Crippen LogP contribution is 2.26. The zero-order chi connectivity index (χ0) is 21.7. The molecule has 2 N–H and O–H groups in total. The van der Waals surface area contributed by atoms with Gasteiger partial charge >= 0.3 is 0 Å². The minimum Gasteiger partial charge on any atom is -0.497 e. The molecule has 1 aromatic carbocycles. The second kappa shape index (κ2) is 9.93. The van der Waals surface area contributed by atoms with Gasteiger partial charge in [-0.15, -0.1) is 0 Å². The van der Waals surface area contributed by atoms with E-state index in [9.17, 15) is 14.4 Å². The average molecular weight is 417 g/mol. The summed E-state index contributed by atoms with van der Waals surface area (Å²) in [7, 11) is 1.58. The molecular formula is C22H32N4O4. The fourth-order valence-corrected chi connectivity index (χ4v) is 4.38. The van der Waals surface area contributed by atoms with Crippen molar-refractivity contribution < 1.29 is 19.1 Å². The van der Waals surface area contributed by atoms with Crippen molar-refractivity contribution in [1.29, 1.82) is 0 Å². The van der Waals surface area contributed by atoms with Crippen LogP contribution in [-0.2, 0) is 9.59 Å². The molecule has 3 atom stereocenters. The molecule has 8 heteroatoms. The lowest BCUT2D eigenvalue weighted by Gasteiger charge is -2.37. The summed E-state index contributed by atoms with van der Waals surface area (Å²) in [4.78, 5) is 41.3. The third kappa shape index (κ3) is 4.92. The number of methoxy groups -OCH3 is 1. The molecular weight excluding hydrogens is 384 g/mol. The molecule has 2 aliphatic rings. The summed E-state index contributed by atoms with van der Waals surface area (Å²) in [5.74, 6) is 0.694. The van der Waals surface area contributed by atoms with Crippen LogP contribution in [0.2, 0.25) is 0 Å². The van der Waals surface area contributed by atoms with Gasteiger partial charge in [0.05, 0.1) is 13.2 Å². The number of hydrogen-bond donors (Lipinski definition) is 2. The number of nitrogens with one attached hydrogen (secondary N) is 2. The van der Waals surface area contributed by atoms with E-state index in [1.165, 1.54) is 0 Å². The molecule has 3 rings (SSSR count). The summed E-state index contributed by atoms with van der Waals surface area (Å²) in [5.41, 5.74) is 0.562. The SMILES string of the molecule is CCN(CC)C(=O)CCC1CNC(=O)C2CC(NC(=O)c3ccc(OC)cc3)CN12. The van der Waals surface area contributed by atoms with Crippen LogP contribution in [0.3, 0.4) is 0 Å². The van der Waals surface area contributed by atoms with Crippen LogP contribution in [0.15, 0.2) is 24.3 Å². The molecule has 164 valence electrons. The van der Waals surface area contributed by atoms with E-state index in [2.05, 4.69) is 15.5 Å². The molecule has 3 unspecified atom stereocenters. The summed E-state index contributed by atoms with van der Waals surface area (Å²) in [5, 5.41) is 6.03. The van der Waals surface area contributed by atoms with Gasteiger partial charge in [0.2, 0.25) is 11.8 Å². The first kappa shape index (κ1) is 22.1. The monoisotopic (exact) mass is 416 g/mol. The molecule has 30 heavy (non-hydrogen) atoms. The Bertz CT molecular complexity index is 763. The number of piperazine rings is 1. The standard InChI is InChI=1S/C22H32N4O4/c1-4-25(5-2)20(27)11-8-17-13-23-22(29)19-12-16(14-26(17)19)24-21(28)15-6-9-18(30-3)10-7-15/h6-7,9-10,16-17,19H,4-5,8,11-14H2,1-3H3,(H,23,29)(H,24,28). The Balaban J connectivity index is 1.58. The van der Waals surface area contributed by atoms with Crippen LogP contribution in [-0.4, -0.2) is 78.9 Å². The lowest BCUT2D eigenvalue weighted by Crippen LogP contribution is -2.58. The number of benzene rings is 1. The fourth-order valence-electron chi connectivity index (χ4n) is 4.38. The van der Waals surface area contributed by atoms with E-state index < -0.39 is 0 Å². The number of ether oxygens (including phenoxy) is 1. The molecule has 2 saturated heterocycles. The maximum Gasteiger partial charge on any atom is 0.251 e. The molecule has 1 aromatic rings. The van der Waals surface area contributed by atoms with Crippen LogP contribution < -0.4 is 15.4 Å². The zero-order valence-corrected chi connectivity index (χ0v) is 18.0. The van der Waals surface area contributed by atoms with Crippen LogP contribution >= 0.6 is 0 Å². The van der Waals surface area contributed by atoms with Gasteiger partial charge in [0.25, 0.3) is 5.91 Å². The maximum absolute atomic E-state index is 12.6. The summed E-state index contributed by atoms with van der Waals surface area (Å²) in [6.07, 6.45) is 1.74. The van der Waals surface area contributed by atoms with Crippen LogP contribution in [0.25, 0.3) is 0 Å². The number of fused-ring (bicyclic) bond motifs is 1. The molecule has 0 saturated carbocycles. The Morgan fingerprint density at radius 2 is 1.93 bits per heavy atom. The van der Waals surface area contributed by atoms with Crippen LogP contribution in [0, 0.1) is 0 Å². The van der Waals surface area contributed by atoms with E-state index in [1.807, 2.05) is 18.7 Å². The summed E-state index contributed by atoms with van der Waals surface area (Å²) >= 11 is 0. The first-order chi connectivity index (χ1) is 14.5. The molecule has 0 aromatic heterocycles. The Hall–Kier alpha value is -2.61. The summed E-state index contributed by atoms with van der Waals surface area (Å²) < 4.78 is 5.13. The van der Waals surface area contributed by atoms with Gasteiger partial charge in [-0.3, -0.25) is 19.3 Å². The Kier molecular flexibility index (Phi) is 7.31. The van der Waals surface area contributed by atoms with Crippen molar-refractivity contribution in [1.82, 2.24) is 20.4 Å². The van der Waals surface area contributed by atoms with Crippen molar-refractivity contribution in [3.63, 3.8) is 0 Å². The molecule has 2 aliphatic heterocycles. The fraction of sp³-hybridized carbons (Fsp3) is 0.591. The van der Waals surface area contributed by atoms with Crippen molar-refractivity contribution in [3.05, 3.63) is 29.8 Å². The highest BCUT2D eigenvalue weighted by atomic mass is 16.5.